The molecule has 0 bridgehead atoms. The summed E-state index contributed by atoms with van der Waals surface area (Å²) in [6, 6.07) is 0.671. The lowest BCUT2D eigenvalue weighted by atomic mass is 10.0. The molecule has 0 saturated carbocycles. The highest BCUT2D eigenvalue weighted by Gasteiger charge is 2.28. The minimum absolute atomic E-state index is 0.291. The molecule has 0 aliphatic carbocycles. The molecule has 3 rings (SSSR count). The molecular weight excluding hydrogens is 278 g/mol. The standard InChI is InChI=1S/C17H31N3O2/c21-17(20-10-12-22-13-11-20)15-18-7-5-6-16(14-18)19-8-3-1-2-4-9-19/h16H,1-15H2/t16-/m1/s1. The topological polar surface area (TPSA) is 36.0 Å². The van der Waals surface area contributed by atoms with E-state index in [4.69, 9.17) is 4.74 Å². The molecule has 5 nitrogen and oxygen atoms in total. The van der Waals surface area contributed by atoms with Crippen molar-refractivity contribution in [1.82, 2.24) is 14.7 Å². The molecule has 0 aromatic heterocycles. The van der Waals surface area contributed by atoms with Gasteiger partial charge >= 0.3 is 0 Å². The van der Waals surface area contributed by atoms with Gasteiger partial charge in [0.2, 0.25) is 5.91 Å². The molecule has 0 spiro atoms. The van der Waals surface area contributed by atoms with Crippen LogP contribution in [0.25, 0.3) is 0 Å². The molecule has 3 saturated heterocycles. The summed E-state index contributed by atoms with van der Waals surface area (Å²) in [5.74, 6) is 0.291. The second kappa shape index (κ2) is 8.27. The lowest BCUT2D eigenvalue weighted by molar-refractivity contribution is -0.137. The largest absolute Gasteiger partial charge is 0.378 e. The number of rotatable bonds is 3. The third-order valence-electron chi connectivity index (χ3n) is 5.36. The van der Waals surface area contributed by atoms with Crippen molar-refractivity contribution in [2.45, 2.75) is 44.6 Å². The number of carbonyl (C=O) groups excluding carboxylic acids is 1. The van der Waals surface area contributed by atoms with E-state index in [0.29, 0.717) is 31.7 Å². The fraction of sp³-hybridized carbons (Fsp3) is 0.941. The molecule has 0 aromatic rings. The van der Waals surface area contributed by atoms with E-state index in [1.54, 1.807) is 0 Å². The Morgan fingerprint density at radius 3 is 2.36 bits per heavy atom. The van der Waals surface area contributed by atoms with Crippen LogP contribution in [0.1, 0.15) is 38.5 Å². The predicted octanol–water partition coefficient (Wildman–Crippen LogP) is 1.19. The van der Waals surface area contributed by atoms with Gasteiger partial charge in [-0.15, -0.1) is 0 Å². The van der Waals surface area contributed by atoms with Gasteiger partial charge < -0.3 is 9.64 Å². The highest BCUT2D eigenvalue weighted by Crippen LogP contribution is 2.20. The lowest BCUT2D eigenvalue weighted by Crippen LogP contribution is -2.52. The van der Waals surface area contributed by atoms with Crippen LogP contribution in [0.15, 0.2) is 0 Å². The van der Waals surface area contributed by atoms with E-state index in [-0.39, 0.29) is 0 Å². The van der Waals surface area contributed by atoms with Gasteiger partial charge in [0.1, 0.15) is 0 Å². The van der Waals surface area contributed by atoms with Gasteiger partial charge in [-0.05, 0) is 45.3 Å². The molecule has 3 heterocycles. The Morgan fingerprint density at radius 2 is 1.64 bits per heavy atom. The summed E-state index contributed by atoms with van der Waals surface area (Å²) < 4.78 is 5.33. The van der Waals surface area contributed by atoms with E-state index in [0.717, 1.165) is 26.2 Å². The van der Waals surface area contributed by atoms with Gasteiger partial charge in [-0.1, -0.05) is 12.8 Å². The Labute approximate surface area is 134 Å². The molecule has 1 amide bonds. The molecule has 3 aliphatic rings. The van der Waals surface area contributed by atoms with Crippen LogP contribution in [0, 0.1) is 0 Å². The van der Waals surface area contributed by atoms with Crippen molar-refractivity contribution >= 4 is 5.91 Å². The van der Waals surface area contributed by atoms with Gasteiger partial charge in [-0.3, -0.25) is 14.6 Å². The fourth-order valence-corrected chi connectivity index (χ4v) is 4.04. The zero-order valence-electron chi connectivity index (χ0n) is 13.8. The first-order valence-corrected chi connectivity index (χ1v) is 9.15. The smallest absolute Gasteiger partial charge is 0.236 e. The molecular formula is C17H31N3O2. The normalized spacial score (nSPS) is 29.3. The molecule has 126 valence electrons. The molecule has 0 radical (unpaired) electrons. The van der Waals surface area contributed by atoms with Gasteiger partial charge in [0, 0.05) is 25.7 Å². The van der Waals surface area contributed by atoms with E-state index < -0.39 is 0 Å². The summed E-state index contributed by atoms with van der Waals surface area (Å²) in [6.07, 6.45) is 8.02. The maximum Gasteiger partial charge on any atom is 0.236 e. The molecule has 3 aliphatic heterocycles. The van der Waals surface area contributed by atoms with Crippen LogP contribution in [-0.2, 0) is 9.53 Å². The van der Waals surface area contributed by atoms with E-state index in [2.05, 4.69) is 9.80 Å². The third-order valence-corrected chi connectivity index (χ3v) is 5.36. The van der Waals surface area contributed by atoms with Crippen LogP contribution in [-0.4, -0.2) is 85.7 Å². The van der Waals surface area contributed by atoms with Gasteiger partial charge in [-0.25, -0.2) is 0 Å². The second-order valence-electron chi connectivity index (χ2n) is 6.97. The first-order valence-electron chi connectivity index (χ1n) is 9.15. The minimum atomic E-state index is 0.291. The van der Waals surface area contributed by atoms with Crippen LogP contribution in [0.5, 0.6) is 0 Å². The Balaban J connectivity index is 1.48. The first kappa shape index (κ1) is 16.2. The zero-order valence-corrected chi connectivity index (χ0v) is 13.8. The monoisotopic (exact) mass is 309 g/mol. The number of nitrogens with zero attached hydrogens (tertiary/aromatic N) is 3. The third kappa shape index (κ3) is 4.43. The fourth-order valence-electron chi connectivity index (χ4n) is 4.04. The summed E-state index contributed by atoms with van der Waals surface area (Å²) >= 11 is 0. The molecule has 0 aromatic carbocycles. The van der Waals surface area contributed by atoms with Crippen LogP contribution in [0.3, 0.4) is 0 Å². The van der Waals surface area contributed by atoms with E-state index >= 15 is 0 Å². The van der Waals surface area contributed by atoms with Gasteiger partial charge in [0.15, 0.2) is 0 Å². The van der Waals surface area contributed by atoms with Gasteiger partial charge in [0.25, 0.3) is 0 Å². The minimum Gasteiger partial charge on any atom is -0.378 e. The van der Waals surface area contributed by atoms with Crippen LogP contribution >= 0.6 is 0 Å². The summed E-state index contributed by atoms with van der Waals surface area (Å²) in [5.41, 5.74) is 0. The van der Waals surface area contributed by atoms with Crippen LogP contribution in [0.2, 0.25) is 0 Å². The molecule has 0 N–H and O–H groups in total. The predicted molar refractivity (Wildman–Crippen MR) is 86.9 cm³/mol. The Kier molecular flexibility index (Phi) is 6.10. The maximum atomic E-state index is 12.4. The average Bonchev–Trinajstić information content (AvgIpc) is 2.85. The molecule has 5 heteroatoms. The van der Waals surface area contributed by atoms with Crippen molar-refractivity contribution < 1.29 is 9.53 Å². The summed E-state index contributed by atoms with van der Waals surface area (Å²) in [6.45, 7) is 8.21. The van der Waals surface area contributed by atoms with Gasteiger partial charge in [-0.2, -0.15) is 0 Å². The quantitative estimate of drug-likeness (QED) is 0.784. The zero-order chi connectivity index (χ0) is 15.2. The van der Waals surface area contributed by atoms with Crippen molar-refractivity contribution in [3.05, 3.63) is 0 Å². The second-order valence-corrected chi connectivity index (χ2v) is 6.97. The molecule has 3 fully saturated rings. The first-order chi connectivity index (χ1) is 10.8. The average molecular weight is 309 g/mol. The number of morpholine rings is 1. The van der Waals surface area contributed by atoms with Crippen molar-refractivity contribution in [3.63, 3.8) is 0 Å². The number of likely N-dealkylation sites (tertiary alicyclic amines) is 2. The van der Waals surface area contributed by atoms with Crippen molar-refractivity contribution in [1.29, 1.82) is 0 Å². The lowest BCUT2D eigenvalue weighted by Gasteiger charge is -2.39. The van der Waals surface area contributed by atoms with E-state index in [1.807, 2.05) is 4.90 Å². The summed E-state index contributed by atoms with van der Waals surface area (Å²) in [7, 11) is 0. The number of hydrogen-bond acceptors (Lipinski definition) is 4. The Morgan fingerprint density at radius 1 is 0.909 bits per heavy atom. The van der Waals surface area contributed by atoms with Crippen molar-refractivity contribution in [2.75, 3.05) is 59.0 Å². The van der Waals surface area contributed by atoms with Crippen molar-refractivity contribution in [2.24, 2.45) is 0 Å². The number of ether oxygens (including phenoxy) is 1. The molecule has 1 atom stereocenters. The Hall–Kier alpha value is -0.650. The van der Waals surface area contributed by atoms with Crippen LogP contribution in [0.4, 0.5) is 0 Å². The number of piperidine rings is 1. The SMILES string of the molecule is O=C(CN1CCC[C@@H](N2CCCCCC2)C1)N1CCOCC1. The maximum absolute atomic E-state index is 12.4. The Bertz CT molecular complexity index is 350. The molecule has 0 unspecified atom stereocenters. The molecule has 22 heavy (non-hydrogen) atoms. The highest BCUT2D eigenvalue weighted by atomic mass is 16.5. The highest BCUT2D eigenvalue weighted by molar-refractivity contribution is 5.78. The van der Waals surface area contributed by atoms with Crippen molar-refractivity contribution in [3.8, 4) is 0 Å². The van der Waals surface area contributed by atoms with E-state index in [1.165, 1.54) is 51.6 Å². The number of hydrogen-bond donors (Lipinski definition) is 0. The van der Waals surface area contributed by atoms with Crippen LogP contribution < -0.4 is 0 Å². The number of amides is 1. The van der Waals surface area contributed by atoms with Gasteiger partial charge in [0.05, 0.1) is 19.8 Å². The summed E-state index contributed by atoms with van der Waals surface area (Å²) in [5, 5.41) is 0. The summed E-state index contributed by atoms with van der Waals surface area (Å²) in [4.78, 5) is 19.5. The number of carbonyl (C=O) groups is 1. The van der Waals surface area contributed by atoms with E-state index in [9.17, 15) is 4.79 Å².